The third-order valence-electron chi connectivity index (χ3n) is 10.5. The predicted molar refractivity (Wildman–Crippen MR) is 210 cm³/mol. The zero-order valence-corrected chi connectivity index (χ0v) is 32.9. The van der Waals surface area contributed by atoms with Gasteiger partial charge in [-0.25, -0.2) is 0 Å². The van der Waals surface area contributed by atoms with Crippen LogP contribution in [0.2, 0.25) is 0 Å². The maximum atomic E-state index is 11.8. The van der Waals surface area contributed by atoms with Crippen LogP contribution in [0.3, 0.4) is 0 Å². The summed E-state index contributed by atoms with van der Waals surface area (Å²) in [6.45, 7) is 7.86. The van der Waals surface area contributed by atoms with E-state index in [9.17, 15) is 19.8 Å². The van der Waals surface area contributed by atoms with E-state index in [1.54, 1.807) is 0 Å². The van der Waals surface area contributed by atoms with E-state index < -0.39 is 24.0 Å². The Kier molecular flexibility index (Phi) is 12.7. The van der Waals surface area contributed by atoms with E-state index in [-0.39, 0.29) is 0 Å². The number of nitrogens with zero attached hydrogens (tertiary/aromatic N) is 2. The summed E-state index contributed by atoms with van der Waals surface area (Å²) >= 11 is 7.37. The first-order valence-electron chi connectivity index (χ1n) is 18.0. The average Bonchev–Trinajstić information content (AvgIpc) is 3.12. The summed E-state index contributed by atoms with van der Waals surface area (Å²) in [6.07, 6.45) is 5.34. The van der Waals surface area contributed by atoms with E-state index in [0.29, 0.717) is 39.1 Å². The Morgan fingerprint density at radius 3 is 1.46 bits per heavy atom. The molecule has 6 rings (SSSR count). The zero-order valence-electron chi connectivity index (χ0n) is 29.7. The van der Waals surface area contributed by atoms with Crippen LogP contribution in [0.1, 0.15) is 71.9 Å². The molecule has 0 saturated carbocycles. The molecule has 2 aliphatic rings. The maximum Gasteiger partial charge on any atom is 0.320 e. The lowest BCUT2D eigenvalue weighted by Gasteiger charge is -2.32. The minimum atomic E-state index is -0.746. The van der Waals surface area contributed by atoms with Gasteiger partial charge in [-0.1, -0.05) is 61.4 Å². The molecule has 2 heterocycles. The molecule has 8 nitrogen and oxygen atoms in total. The Morgan fingerprint density at radius 2 is 1.08 bits per heavy atom. The summed E-state index contributed by atoms with van der Waals surface area (Å²) in [5.41, 5.74) is 8.89. The van der Waals surface area contributed by atoms with E-state index in [1.807, 2.05) is 36.4 Å². The molecule has 4 aromatic rings. The summed E-state index contributed by atoms with van der Waals surface area (Å²) in [6, 6.07) is 23.8. The van der Waals surface area contributed by atoms with Gasteiger partial charge in [0, 0.05) is 13.1 Å². The number of rotatable bonds is 13. The summed E-state index contributed by atoms with van der Waals surface area (Å²) < 4.78 is 14.3. The summed E-state index contributed by atoms with van der Waals surface area (Å²) in [4.78, 5) is 27.6. The van der Waals surface area contributed by atoms with Crippen LogP contribution < -0.4 is 9.47 Å². The largest absolute Gasteiger partial charge is 0.488 e. The van der Waals surface area contributed by atoms with Gasteiger partial charge in [0.05, 0.1) is 8.95 Å². The molecule has 0 amide bonds. The second kappa shape index (κ2) is 17.4. The van der Waals surface area contributed by atoms with Gasteiger partial charge in [-0.3, -0.25) is 19.4 Å². The van der Waals surface area contributed by atoms with Crippen molar-refractivity contribution in [3.05, 3.63) is 115 Å². The van der Waals surface area contributed by atoms with Crippen LogP contribution >= 0.6 is 31.9 Å². The van der Waals surface area contributed by atoms with Gasteiger partial charge >= 0.3 is 11.9 Å². The number of carboxylic acid groups (broad SMARTS) is 2. The summed E-state index contributed by atoms with van der Waals surface area (Å²) in [7, 11) is 0. The smallest absolute Gasteiger partial charge is 0.320 e. The van der Waals surface area contributed by atoms with Crippen molar-refractivity contribution in [1.82, 2.24) is 9.80 Å². The molecule has 0 aromatic heterocycles. The second-order valence-electron chi connectivity index (χ2n) is 13.9. The lowest BCUT2D eigenvalue weighted by Crippen LogP contribution is -2.43. The van der Waals surface area contributed by atoms with Crippen molar-refractivity contribution in [2.45, 2.75) is 90.8 Å². The Morgan fingerprint density at radius 1 is 0.654 bits per heavy atom. The van der Waals surface area contributed by atoms with Gasteiger partial charge < -0.3 is 19.7 Å². The van der Waals surface area contributed by atoms with Crippen LogP contribution in [-0.2, 0) is 35.9 Å². The van der Waals surface area contributed by atoms with Gasteiger partial charge in [0.1, 0.15) is 36.8 Å². The number of hydrogen-bond acceptors (Lipinski definition) is 6. The number of ether oxygens (including phenoxy) is 2. The number of benzene rings is 4. The van der Waals surface area contributed by atoms with Crippen molar-refractivity contribution in [1.29, 1.82) is 0 Å². The topological polar surface area (TPSA) is 99.5 Å². The second-order valence-corrected chi connectivity index (χ2v) is 15.6. The molecular weight excluding hydrogens is 788 g/mol. The molecule has 10 heteroatoms. The minimum absolute atomic E-state index is 0.408. The molecule has 0 aliphatic carbocycles. The molecule has 0 spiro atoms. The quantitative estimate of drug-likeness (QED) is 0.138. The van der Waals surface area contributed by atoms with Crippen molar-refractivity contribution < 1.29 is 29.3 Å². The highest BCUT2D eigenvalue weighted by atomic mass is 79.9. The number of carboxylic acids is 2. The van der Waals surface area contributed by atoms with Crippen LogP contribution in [0, 0.1) is 13.8 Å². The number of carbonyl (C=O) groups is 2. The first kappa shape index (κ1) is 38.0. The van der Waals surface area contributed by atoms with Crippen LogP contribution in [0.5, 0.6) is 11.5 Å². The highest BCUT2D eigenvalue weighted by molar-refractivity contribution is 9.10. The molecule has 2 fully saturated rings. The fraction of sp³-hybridized carbons (Fsp3) is 0.381. The Bertz CT molecular complexity index is 1780. The standard InChI is InChI=1S/C42H46Br2N2O6/c1-27-31(25-51-39-17-15-29(21-35(39)43)23-45-19-5-3-13-37(45)41(47)48)9-7-11-33(27)34-12-8-10-32(28(34)2)26-52-40-18-16-30(22-36(40)44)24-46-20-6-4-14-38(46)42(49)50/h7-12,15-18,21-22,37-38H,3-6,13-14,19-20,23-26H2,1-2H3,(H,47,48)(H,49,50). The monoisotopic (exact) mass is 832 g/mol. The molecule has 2 atom stereocenters. The van der Waals surface area contributed by atoms with E-state index in [1.165, 1.54) is 0 Å². The number of piperidine rings is 2. The van der Waals surface area contributed by atoms with Gasteiger partial charge in [0.2, 0.25) is 0 Å². The lowest BCUT2D eigenvalue weighted by molar-refractivity contribution is -0.145. The van der Waals surface area contributed by atoms with Crippen molar-refractivity contribution in [2.24, 2.45) is 0 Å². The molecule has 52 heavy (non-hydrogen) atoms. The predicted octanol–water partition coefficient (Wildman–Crippen LogP) is 9.53. The van der Waals surface area contributed by atoms with E-state index >= 15 is 0 Å². The molecule has 0 radical (unpaired) electrons. The Labute approximate surface area is 323 Å². The third-order valence-corrected chi connectivity index (χ3v) is 11.7. The number of hydrogen-bond donors (Lipinski definition) is 2. The van der Waals surface area contributed by atoms with E-state index in [4.69, 9.17) is 9.47 Å². The number of halogens is 2. The first-order valence-corrected chi connectivity index (χ1v) is 19.6. The van der Waals surface area contributed by atoms with Crippen molar-refractivity contribution in [3.8, 4) is 22.6 Å². The van der Waals surface area contributed by atoms with Gasteiger partial charge in [-0.15, -0.1) is 0 Å². The van der Waals surface area contributed by atoms with Crippen LogP contribution in [0.4, 0.5) is 0 Å². The van der Waals surface area contributed by atoms with Gasteiger partial charge in [-0.2, -0.15) is 0 Å². The SMILES string of the molecule is Cc1c(COc2ccc(CN3CCCCC3C(=O)O)cc2Br)cccc1-c1cccc(COc2ccc(CN3CCCCC3C(=O)O)cc2Br)c1C. The van der Waals surface area contributed by atoms with E-state index in [2.05, 4.69) is 91.9 Å². The fourth-order valence-corrected chi connectivity index (χ4v) is 8.56. The van der Waals surface area contributed by atoms with Crippen LogP contribution in [0.15, 0.2) is 81.7 Å². The normalized spacial score (nSPS) is 18.2. The Hall–Kier alpha value is -3.70. The van der Waals surface area contributed by atoms with Crippen molar-refractivity contribution in [3.63, 3.8) is 0 Å². The van der Waals surface area contributed by atoms with Crippen LogP contribution in [0.25, 0.3) is 11.1 Å². The first-order chi connectivity index (χ1) is 25.1. The average molecular weight is 835 g/mol. The third kappa shape index (κ3) is 9.08. The van der Waals surface area contributed by atoms with Crippen LogP contribution in [-0.4, -0.2) is 57.1 Å². The van der Waals surface area contributed by atoms with Gasteiger partial charge in [0.15, 0.2) is 0 Å². The Balaban J connectivity index is 1.09. The molecule has 4 aromatic carbocycles. The minimum Gasteiger partial charge on any atom is -0.488 e. The highest BCUT2D eigenvalue weighted by Crippen LogP contribution is 2.34. The van der Waals surface area contributed by atoms with Crippen molar-refractivity contribution >= 4 is 43.8 Å². The molecule has 2 aliphatic heterocycles. The molecular formula is C42H46Br2N2O6. The number of aliphatic carboxylic acids is 2. The molecule has 274 valence electrons. The zero-order chi connectivity index (χ0) is 36.8. The number of likely N-dealkylation sites (tertiary alicyclic amines) is 2. The van der Waals surface area contributed by atoms with Gasteiger partial charge in [0.25, 0.3) is 0 Å². The van der Waals surface area contributed by atoms with E-state index in [0.717, 1.165) is 104 Å². The maximum absolute atomic E-state index is 11.8. The molecule has 0 bridgehead atoms. The van der Waals surface area contributed by atoms with Crippen molar-refractivity contribution in [2.75, 3.05) is 13.1 Å². The lowest BCUT2D eigenvalue weighted by atomic mass is 9.92. The highest BCUT2D eigenvalue weighted by Gasteiger charge is 2.29. The molecule has 2 saturated heterocycles. The molecule has 2 unspecified atom stereocenters. The van der Waals surface area contributed by atoms with Gasteiger partial charge in [-0.05, 0) is 153 Å². The summed E-state index contributed by atoms with van der Waals surface area (Å²) in [5, 5.41) is 19.3. The fourth-order valence-electron chi connectivity index (χ4n) is 7.48. The summed E-state index contributed by atoms with van der Waals surface area (Å²) in [5.74, 6) is -0.00511. The molecule has 2 N–H and O–H groups in total.